The van der Waals surface area contributed by atoms with Gasteiger partial charge in [0.15, 0.2) is 0 Å². The fourth-order valence-corrected chi connectivity index (χ4v) is 3.29. The molecule has 1 amide bonds. The van der Waals surface area contributed by atoms with Gasteiger partial charge in [-0.25, -0.2) is 0 Å². The Bertz CT molecular complexity index is 536. The molecule has 1 aliphatic rings. The summed E-state index contributed by atoms with van der Waals surface area (Å²) in [5.74, 6) is 0.141. The zero-order valence-electron chi connectivity index (χ0n) is 14.7. The molecule has 0 N–H and O–H groups in total. The number of allylic oxidation sites excluding steroid dienone is 1. The molecule has 132 valence electrons. The summed E-state index contributed by atoms with van der Waals surface area (Å²) in [6, 6.07) is 7.90. The van der Waals surface area contributed by atoms with Crippen molar-refractivity contribution < 1.29 is 4.79 Å². The number of rotatable bonds is 8. The van der Waals surface area contributed by atoms with Crippen molar-refractivity contribution in [3.63, 3.8) is 0 Å². The van der Waals surface area contributed by atoms with Gasteiger partial charge in [0.1, 0.15) is 0 Å². The second kappa shape index (κ2) is 10.4. The second-order valence-corrected chi connectivity index (χ2v) is 6.78. The van der Waals surface area contributed by atoms with Crippen LogP contribution in [0.25, 0.3) is 0 Å². The lowest BCUT2D eigenvalue weighted by Gasteiger charge is -2.36. The first-order valence-electron chi connectivity index (χ1n) is 9.17. The van der Waals surface area contributed by atoms with Gasteiger partial charge in [-0.15, -0.1) is 0 Å². The van der Waals surface area contributed by atoms with Crippen molar-refractivity contribution >= 4 is 23.2 Å². The van der Waals surface area contributed by atoms with Crippen LogP contribution in [0.5, 0.6) is 0 Å². The van der Waals surface area contributed by atoms with E-state index in [4.69, 9.17) is 11.6 Å². The molecule has 0 aliphatic carbocycles. The molecule has 0 atom stereocenters. The molecule has 0 radical (unpaired) electrons. The van der Waals surface area contributed by atoms with Gasteiger partial charge in [-0.2, -0.15) is 0 Å². The van der Waals surface area contributed by atoms with Gasteiger partial charge in [-0.3, -0.25) is 4.79 Å². The molecule has 1 aliphatic heterocycles. The molecule has 0 saturated carbocycles. The standard InChI is InChI=1S/C20H29ClN2O/c1-2-3-4-5-6-7-8-13-20(24)23-16-14-22(15-17-23)19-12-10-9-11-18(19)21/h8-13H,2-7,14-17H2,1H3/b13-8+. The fraction of sp³-hybridized carbons (Fsp3) is 0.550. The Hall–Kier alpha value is -1.48. The van der Waals surface area contributed by atoms with E-state index in [0.717, 1.165) is 43.3 Å². The van der Waals surface area contributed by atoms with E-state index in [9.17, 15) is 4.79 Å². The van der Waals surface area contributed by atoms with Gasteiger partial charge in [-0.1, -0.05) is 62.4 Å². The van der Waals surface area contributed by atoms with Gasteiger partial charge in [0.25, 0.3) is 0 Å². The van der Waals surface area contributed by atoms with E-state index in [2.05, 4.69) is 11.8 Å². The highest BCUT2D eigenvalue weighted by atomic mass is 35.5. The van der Waals surface area contributed by atoms with Crippen LogP contribution in [0.4, 0.5) is 5.69 Å². The van der Waals surface area contributed by atoms with Crippen molar-refractivity contribution in [3.8, 4) is 0 Å². The summed E-state index contributed by atoms with van der Waals surface area (Å²) >= 11 is 6.25. The molecule has 0 spiro atoms. The Morgan fingerprint density at radius 2 is 1.79 bits per heavy atom. The third kappa shape index (κ3) is 5.86. The molecule has 0 unspecified atom stereocenters. The number of nitrogens with zero attached hydrogens (tertiary/aromatic N) is 2. The van der Waals surface area contributed by atoms with E-state index in [-0.39, 0.29) is 5.91 Å². The normalized spacial score (nSPS) is 15.2. The summed E-state index contributed by atoms with van der Waals surface area (Å²) in [4.78, 5) is 16.4. The smallest absolute Gasteiger partial charge is 0.246 e. The van der Waals surface area contributed by atoms with Crippen LogP contribution < -0.4 is 4.90 Å². The number of anilines is 1. The van der Waals surface area contributed by atoms with Crippen molar-refractivity contribution in [1.29, 1.82) is 0 Å². The van der Waals surface area contributed by atoms with Crippen LogP contribution >= 0.6 is 11.6 Å². The largest absolute Gasteiger partial charge is 0.367 e. The minimum Gasteiger partial charge on any atom is -0.367 e. The number of amides is 1. The van der Waals surface area contributed by atoms with E-state index in [0.29, 0.717) is 0 Å². The number of carbonyl (C=O) groups is 1. The topological polar surface area (TPSA) is 23.6 Å². The molecular formula is C20H29ClN2O. The minimum atomic E-state index is 0.141. The summed E-state index contributed by atoms with van der Waals surface area (Å²) in [7, 11) is 0. The average Bonchev–Trinajstić information content (AvgIpc) is 2.61. The fourth-order valence-electron chi connectivity index (χ4n) is 3.03. The molecule has 1 saturated heterocycles. The summed E-state index contributed by atoms with van der Waals surface area (Å²) < 4.78 is 0. The maximum atomic E-state index is 12.2. The predicted octanol–water partition coefficient (Wildman–Crippen LogP) is 4.91. The second-order valence-electron chi connectivity index (χ2n) is 6.37. The highest BCUT2D eigenvalue weighted by molar-refractivity contribution is 6.33. The number of hydrogen-bond donors (Lipinski definition) is 0. The Balaban J connectivity index is 1.70. The van der Waals surface area contributed by atoms with Crippen LogP contribution in [0.15, 0.2) is 36.4 Å². The van der Waals surface area contributed by atoms with Crippen LogP contribution in [0.3, 0.4) is 0 Å². The molecule has 2 rings (SSSR count). The first-order chi connectivity index (χ1) is 11.7. The number of unbranched alkanes of at least 4 members (excludes halogenated alkanes) is 5. The molecule has 1 aromatic rings. The van der Waals surface area contributed by atoms with E-state index in [1.54, 1.807) is 6.08 Å². The molecule has 4 heteroatoms. The van der Waals surface area contributed by atoms with Gasteiger partial charge in [0.2, 0.25) is 5.91 Å². The van der Waals surface area contributed by atoms with E-state index < -0.39 is 0 Å². The molecule has 0 bridgehead atoms. The Kier molecular flexibility index (Phi) is 8.17. The third-order valence-corrected chi connectivity index (χ3v) is 4.84. The Morgan fingerprint density at radius 3 is 2.50 bits per heavy atom. The van der Waals surface area contributed by atoms with E-state index >= 15 is 0 Å². The van der Waals surface area contributed by atoms with Crippen molar-refractivity contribution in [2.45, 2.75) is 45.4 Å². The van der Waals surface area contributed by atoms with Crippen molar-refractivity contribution in [2.24, 2.45) is 0 Å². The van der Waals surface area contributed by atoms with Crippen molar-refractivity contribution in [3.05, 3.63) is 41.4 Å². The van der Waals surface area contributed by atoms with Crippen LogP contribution in [-0.2, 0) is 4.79 Å². The minimum absolute atomic E-state index is 0.141. The molecule has 3 nitrogen and oxygen atoms in total. The number of piperazine rings is 1. The first-order valence-corrected chi connectivity index (χ1v) is 9.55. The third-order valence-electron chi connectivity index (χ3n) is 4.52. The summed E-state index contributed by atoms with van der Waals surface area (Å²) in [6.07, 6.45) is 11.1. The van der Waals surface area contributed by atoms with Gasteiger partial charge in [0.05, 0.1) is 10.7 Å². The quantitative estimate of drug-likeness (QED) is 0.492. The zero-order valence-corrected chi connectivity index (χ0v) is 15.5. The molecule has 1 aromatic carbocycles. The monoisotopic (exact) mass is 348 g/mol. The summed E-state index contributed by atoms with van der Waals surface area (Å²) in [5, 5.41) is 0.778. The predicted molar refractivity (Wildman–Crippen MR) is 103 cm³/mol. The Labute approximate surface area is 151 Å². The molecule has 1 heterocycles. The number of carbonyl (C=O) groups excluding carboxylic acids is 1. The number of halogens is 1. The van der Waals surface area contributed by atoms with E-state index in [1.807, 2.05) is 35.2 Å². The first kappa shape index (κ1) is 18.9. The summed E-state index contributed by atoms with van der Waals surface area (Å²) in [6.45, 7) is 5.40. The highest BCUT2D eigenvalue weighted by Crippen LogP contribution is 2.26. The lowest BCUT2D eigenvalue weighted by atomic mass is 10.1. The van der Waals surface area contributed by atoms with Crippen LogP contribution in [-0.4, -0.2) is 37.0 Å². The van der Waals surface area contributed by atoms with Crippen LogP contribution in [0.1, 0.15) is 45.4 Å². The summed E-state index contributed by atoms with van der Waals surface area (Å²) in [5.41, 5.74) is 1.06. The zero-order chi connectivity index (χ0) is 17.2. The Morgan fingerprint density at radius 1 is 1.08 bits per heavy atom. The highest BCUT2D eigenvalue weighted by Gasteiger charge is 2.20. The number of benzene rings is 1. The van der Waals surface area contributed by atoms with Gasteiger partial charge >= 0.3 is 0 Å². The van der Waals surface area contributed by atoms with Crippen LogP contribution in [0, 0.1) is 0 Å². The van der Waals surface area contributed by atoms with Gasteiger partial charge in [0, 0.05) is 26.2 Å². The number of hydrogen-bond acceptors (Lipinski definition) is 2. The lowest BCUT2D eigenvalue weighted by Crippen LogP contribution is -2.48. The molecular weight excluding hydrogens is 320 g/mol. The van der Waals surface area contributed by atoms with Gasteiger partial charge < -0.3 is 9.80 Å². The maximum Gasteiger partial charge on any atom is 0.246 e. The molecule has 24 heavy (non-hydrogen) atoms. The molecule has 1 fully saturated rings. The van der Waals surface area contributed by atoms with Crippen molar-refractivity contribution in [1.82, 2.24) is 4.90 Å². The van der Waals surface area contributed by atoms with Crippen molar-refractivity contribution in [2.75, 3.05) is 31.1 Å². The molecule has 0 aromatic heterocycles. The van der Waals surface area contributed by atoms with Crippen LogP contribution in [0.2, 0.25) is 5.02 Å². The lowest BCUT2D eigenvalue weighted by molar-refractivity contribution is -0.126. The van der Waals surface area contributed by atoms with Gasteiger partial charge in [-0.05, 0) is 31.1 Å². The SMILES string of the molecule is CCCCCCC/C=C/C(=O)N1CCN(c2ccccc2Cl)CC1. The maximum absolute atomic E-state index is 12.2. The van der Waals surface area contributed by atoms with E-state index in [1.165, 1.54) is 32.1 Å². The number of para-hydroxylation sites is 1. The average molecular weight is 349 g/mol.